The number of halogens is 3. The van der Waals surface area contributed by atoms with Crippen LogP contribution in [0, 0.1) is 0 Å². The van der Waals surface area contributed by atoms with Crippen LogP contribution in [0.1, 0.15) is 21.5 Å². The molecule has 29 heavy (non-hydrogen) atoms. The predicted octanol–water partition coefficient (Wildman–Crippen LogP) is 3.29. The molecule has 7 nitrogen and oxygen atoms in total. The van der Waals surface area contributed by atoms with Crippen molar-refractivity contribution >= 4 is 32.6 Å². The number of amides is 1. The second-order valence-electron chi connectivity index (χ2n) is 5.72. The van der Waals surface area contributed by atoms with E-state index in [1.165, 1.54) is 0 Å². The first-order valence-corrected chi connectivity index (χ1v) is 10.3. The first kappa shape index (κ1) is 20.7. The van der Waals surface area contributed by atoms with Gasteiger partial charge in [-0.05, 0) is 29.8 Å². The lowest BCUT2D eigenvalue weighted by molar-refractivity contribution is -0.137. The number of carbonyl (C=O) groups excluding carboxylic acids is 1. The van der Waals surface area contributed by atoms with Gasteiger partial charge in [-0.15, -0.1) is 0 Å². The molecule has 0 saturated heterocycles. The number of aromatic nitrogens is 2. The summed E-state index contributed by atoms with van der Waals surface area (Å²) in [5.41, 5.74) is -0.816. The summed E-state index contributed by atoms with van der Waals surface area (Å²) in [7, 11) is -4.40. The second kappa shape index (κ2) is 8.17. The Balaban J connectivity index is 1.92. The van der Waals surface area contributed by atoms with Gasteiger partial charge in [0.2, 0.25) is 5.13 Å². The lowest BCUT2D eigenvalue weighted by Gasteiger charge is -2.15. The Labute approximate surface area is 167 Å². The molecule has 0 aliphatic carbocycles. The standard InChI is InChI=1S/C17H13F3N4O3S2/c18-17(19,20)13-7-6-12(9-21-15(25)11-4-2-1-3-5-11)14(8-13)29(26,27)24-16-22-10-23-28-16/h1-8,10H,9H2,(H,21,25)(H,22,23,24). The molecule has 0 aliphatic heterocycles. The molecule has 0 radical (unpaired) electrons. The van der Waals surface area contributed by atoms with E-state index in [0.29, 0.717) is 11.6 Å². The fraction of sp³-hybridized carbons (Fsp3) is 0.118. The van der Waals surface area contributed by atoms with Gasteiger partial charge < -0.3 is 5.32 Å². The van der Waals surface area contributed by atoms with Crippen molar-refractivity contribution in [3.05, 3.63) is 71.5 Å². The van der Waals surface area contributed by atoms with Crippen LogP contribution in [0.25, 0.3) is 0 Å². The highest BCUT2D eigenvalue weighted by Crippen LogP contribution is 2.32. The van der Waals surface area contributed by atoms with E-state index in [-0.39, 0.29) is 17.2 Å². The molecule has 1 heterocycles. The van der Waals surface area contributed by atoms with Gasteiger partial charge in [0.15, 0.2) is 0 Å². The second-order valence-corrected chi connectivity index (χ2v) is 8.15. The summed E-state index contributed by atoms with van der Waals surface area (Å²) < 4.78 is 70.3. The van der Waals surface area contributed by atoms with Gasteiger partial charge in [-0.1, -0.05) is 24.3 Å². The molecular weight excluding hydrogens is 429 g/mol. The fourth-order valence-electron chi connectivity index (χ4n) is 2.38. The zero-order chi connectivity index (χ0) is 21.1. The number of hydrogen-bond acceptors (Lipinski definition) is 6. The quantitative estimate of drug-likeness (QED) is 0.610. The average Bonchev–Trinajstić information content (AvgIpc) is 3.18. The first-order valence-electron chi connectivity index (χ1n) is 8.00. The highest BCUT2D eigenvalue weighted by Gasteiger charge is 2.33. The summed E-state index contributed by atoms with van der Waals surface area (Å²) in [5, 5.41) is 2.41. The molecule has 3 aromatic rings. The topological polar surface area (TPSA) is 101 Å². The Bertz CT molecular complexity index is 1100. The molecule has 2 aromatic carbocycles. The molecule has 152 valence electrons. The van der Waals surface area contributed by atoms with E-state index in [1.54, 1.807) is 30.3 Å². The van der Waals surface area contributed by atoms with E-state index in [2.05, 4.69) is 19.4 Å². The van der Waals surface area contributed by atoms with Crippen LogP contribution in [0.2, 0.25) is 0 Å². The largest absolute Gasteiger partial charge is 0.416 e. The van der Waals surface area contributed by atoms with Crippen molar-refractivity contribution < 1.29 is 26.4 Å². The molecule has 12 heteroatoms. The van der Waals surface area contributed by atoms with Crippen molar-refractivity contribution in [2.45, 2.75) is 17.6 Å². The van der Waals surface area contributed by atoms with Crippen LogP contribution in [0.15, 0.2) is 59.8 Å². The molecule has 0 bridgehead atoms. The normalized spacial score (nSPS) is 11.8. The van der Waals surface area contributed by atoms with E-state index >= 15 is 0 Å². The molecule has 1 amide bonds. The SMILES string of the molecule is O=C(NCc1ccc(C(F)(F)F)cc1S(=O)(=O)Nc1ncns1)c1ccccc1. The number of nitrogens with zero attached hydrogens (tertiary/aromatic N) is 2. The molecular formula is C17H13F3N4O3S2. The summed E-state index contributed by atoms with van der Waals surface area (Å²) >= 11 is 0.732. The molecule has 2 N–H and O–H groups in total. The number of anilines is 1. The molecule has 3 rings (SSSR count). The van der Waals surface area contributed by atoms with Crippen LogP contribution >= 0.6 is 11.5 Å². The van der Waals surface area contributed by atoms with Crippen LogP contribution in [0.3, 0.4) is 0 Å². The van der Waals surface area contributed by atoms with Gasteiger partial charge >= 0.3 is 6.18 Å². The van der Waals surface area contributed by atoms with E-state index in [1.807, 2.05) is 0 Å². The Hall–Kier alpha value is -2.99. The zero-order valence-electron chi connectivity index (χ0n) is 14.5. The molecule has 1 aromatic heterocycles. The Morgan fingerprint density at radius 2 is 1.83 bits per heavy atom. The van der Waals surface area contributed by atoms with Gasteiger partial charge in [0, 0.05) is 23.6 Å². The highest BCUT2D eigenvalue weighted by molar-refractivity contribution is 7.93. The lowest BCUT2D eigenvalue weighted by atomic mass is 10.1. The molecule has 0 fully saturated rings. The van der Waals surface area contributed by atoms with Crippen LogP contribution in [-0.4, -0.2) is 23.7 Å². The molecule has 0 spiro atoms. The van der Waals surface area contributed by atoms with Gasteiger partial charge in [0.1, 0.15) is 6.33 Å². The van der Waals surface area contributed by atoms with Crippen molar-refractivity contribution in [3.8, 4) is 0 Å². The Morgan fingerprint density at radius 1 is 1.10 bits per heavy atom. The van der Waals surface area contributed by atoms with Crippen LogP contribution in [0.4, 0.5) is 18.3 Å². The molecule has 0 aliphatic rings. The molecule has 0 saturated carbocycles. The van der Waals surface area contributed by atoms with Crippen LogP contribution in [-0.2, 0) is 22.7 Å². The number of carbonyl (C=O) groups is 1. The van der Waals surface area contributed by atoms with Gasteiger partial charge in [0.25, 0.3) is 15.9 Å². The number of rotatable bonds is 6. The molecule has 0 atom stereocenters. The summed E-state index contributed by atoms with van der Waals surface area (Å²) in [6.07, 6.45) is -3.63. The third-order valence-electron chi connectivity index (χ3n) is 3.74. The third kappa shape index (κ3) is 5.09. The smallest absolute Gasteiger partial charge is 0.348 e. The Kier molecular flexibility index (Phi) is 5.84. The van der Waals surface area contributed by atoms with Gasteiger partial charge in [-0.3, -0.25) is 9.52 Å². The summed E-state index contributed by atoms with van der Waals surface area (Å²) in [4.78, 5) is 15.2. The minimum Gasteiger partial charge on any atom is -0.348 e. The van der Waals surface area contributed by atoms with E-state index in [9.17, 15) is 26.4 Å². The average molecular weight is 442 g/mol. The summed E-state index contributed by atoms with van der Waals surface area (Å²) in [5.74, 6) is -0.495. The number of alkyl halides is 3. The van der Waals surface area contributed by atoms with Gasteiger partial charge in [0.05, 0.1) is 10.5 Å². The number of nitrogens with one attached hydrogen (secondary N) is 2. The summed E-state index contributed by atoms with van der Waals surface area (Å²) in [6, 6.07) is 10.4. The van der Waals surface area contributed by atoms with Crippen LogP contribution in [0.5, 0.6) is 0 Å². The maximum absolute atomic E-state index is 13.1. The van der Waals surface area contributed by atoms with Gasteiger partial charge in [-0.25, -0.2) is 13.4 Å². The van der Waals surface area contributed by atoms with E-state index < -0.39 is 32.6 Å². The maximum atomic E-state index is 13.1. The maximum Gasteiger partial charge on any atom is 0.416 e. The highest BCUT2D eigenvalue weighted by atomic mass is 32.2. The van der Waals surface area contributed by atoms with Crippen molar-refractivity contribution in [1.29, 1.82) is 0 Å². The van der Waals surface area contributed by atoms with Crippen LogP contribution < -0.4 is 10.0 Å². The van der Waals surface area contributed by atoms with E-state index in [0.717, 1.165) is 30.0 Å². The monoisotopic (exact) mass is 442 g/mol. The van der Waals surface area contributed by atoms with Crippen molar-refractivity contribution in [2.24, 2.45) is 0 Å². The zero-order valence-corrected chi connectivity index (χ0v) is 16.1. The lowest BCUT2D eigenvalue weighted by Crippen LogP contribution is -2.25. The summed E-state index contributed by atoms with van der Waals surface area (Å²) in [6.45, 7) is -0.293. The number of benzene rings is 2. The number of sulfonamides is 1. The van der Waals surface area contributed by atoms with Gasteiger partial charge in [-0.2, -0.15) is 17.5 Å². The van der Waals surface area contributed by atoms with E-state index in [4.69, 9.17) is 0 Å². The molecule has 0 unspecified atom stereocenters. The first-order chi connectivity index (χ1) is 13.7. The Morgan fingerprint density at radius 3 is 2.45 bits per heavy atom. The minimum atomic E-state index is -4.74. The van der Waals surface area contributed by atoms with Crippen molar-refractivity contribution in [1.82, 2.24) is 14.7 Å². The third-order valence-corrected chi connectivity index (χ3v) is 5.87. The fourth-order valence-corrected chi connectivity index (χ4v) is 4.31. The predicted molar refractivity (Wildman–Crippen MR) is 99.8 cm³/mol. The van der Waals surface area contributed by atoms with Crippen molar-refractivity contribution in [2.75, 3.05) is 4.72 Å². The van der Waals surface area contributed by atoms with Crippen molar-refractivity contribution in [3.63, 3.8) is 0 Å². The number of hydrogen-bond donors (Lipinski definition) is 2. The minimum absolute atomic E-state index is 0.0145.